The largest absolute Gasteiger partial charge is 0.325 e. The summed E-state index contributed by atoms with van der Waals surface area (Å²) in [6, 6.07) is 8.01. The van der Waals surface area contributed by atoms with E-state index in [4.69, 9.17) is 5.73 Å². The van der Waals surface area contributed by atoms with Gasteiger partial charge in [-0.05, 0) is 29.7 Å². The molecule has 0 amide bonds. The maximum absolute atomic E-state index is 12.0. The second kappa shape index (κ2) is 6.20. The summed E-state index contributed by atoms with van der Waals surface area (Å²) >= 11 is 0. The van der Waals surface area contributed by atoms with Crippen molar-refractivity contribution < 1.29 is 4.79 Å². The zero-order chi connectivity index (χ0) is 15.5. The molecule has 112 valence electrons. The number of aromatic nitrogens is 1. The molecular weight excluding hydrogens is 274 g/mol. The lowest BCUT2D eigenvalue weighted by molar-refractivity contribution is 0.1000. The van der Waals surface area contributed by atoms with Crippen LogP contribution < -0.4 is 5.73 Å². The Labute approximate surface area is 130 Å². The van der Waals surface area contributed by atoms with Crippen LogP contribution in [0.3, 0.4) is 0 Å². The van der Waals surface area contributed by atoms with Gasteiger partial charge in [0.1, 0.15) is 6.54 Å². The Hall–Kier alpha value is -2.33. The Morgan fingerprint density at radius 1 is 1.14 bits per heavy atom. The molecule has 2 aromatic rings. The number of benzene rings is 1. The quantitative estimate of drug-likeness (QED) is 0.942. The second-order valence-corrected chi connectivity index (χ2v) is 5.48. The van der Waals surface area contributed by atoms with Crippen LogP contribution >= 0.6 is 0 Å². The summed E-state index contributed by atoms with van der Waals surface area (Å²) in [7, 11) is 0. The molecule has 4 heteroatoms. The van der Waals surface area contributed by atoms with Crippen LogP contribution in [0.1, 0.15) is 34.8 Å². The van der Waals surface area contributed by atoms with Crippen molar-refractivity contribution in [2.45, 2.75) is 19.8 Å². The van der Waals surface area contributed by atoms with Crippen LogP contribution in [0.4, 0.5) is 0 Å². The molecule has 0 saturated carbocycles. The topological polar surface area (TPSA) is 68.3 Å². The van der Waals surface area contributed by atoms with Crippen molar-refractivity contribution in [3.05, 3.63) is 53.3 Å². The Balaban J connectivity index is 2.05. The molecule has 0 radical (unpaired) electrons. The van der Waals surface area contributed by atoms with Gasteiger partial charge in [0.05, 0.1) is 5.71 Å². The number of rotatable bonds is 4. The number of pyridine rings is 1. The molecule has 0 aliphatic carbocycles. The predicted octanol–water partition coefficient (Wildman–Crippen LogP) is 2.65. The van der Waals surface area contributed by atoms with Crippen LogP contribution in [-0.2, 0) is 6.42 Å². The molecule has 22 heavy (non-hydrogen) atoms. The average molecular weight is 293 g/mol. The van der Waals surface area contributed by atoms with E-state index in [2.05, 4.69) is 23.0 Å². The fourth-order valence-corrected chi connectivity index (χ4v) is 2.79. The summed E-state index contributed by atoms with van der Waals surface area (Å²) < 4.78 is 0. The number of hydrogen-bond donors (Lipinski definition) is 1. The fraction of sp³-hybridized carbons (Fsp3) is 0.278. The number of carbonyl (C=O) groups excluding carboxylic acids is 1. The highest BCUT2D eigenvalue weighted by molar-refractivity contribution is 6.16. The third-order valence-corrected chi connectivity index (χ3v) is 3.90. The van der Waals surface area contributed by atoms with Crippen LogP contribution in [0.25, 0.3) is 11.1 Å². The maximum Gasteiger partial charge on any atom is 0.184 e. The summed E-state index contributed by atoms with van der Waals surface area (Å²) in [5, 5.41) is 0. The van der Waals surface area contributed by atoms with Gasteiger partial charge >= 0.3 is 0 Å². The summed E-state index contributed by atoms with van der Waals surface area (Å²) in [5.74, 6) is 0.0524. The molecule has 0 spiro atoms. The van der Waals surface area contributed by atoms with E-state index in [1.807, 2.05) is 30.6 Å². The molecule has 1 aliphatic rings. The van der Waals surface area contributed by atoms with Gasteiger partial charge in [-0.25, -0.2) is 0 Å². The van der Waals surface area contributed by atoms with Crippen LogP contribution in [-0.4, -0.2) is 29.6 Å². The molecule has 1 aromatic carbocycles. The summed E-state index contributed by atoms with van der Waals surface area (Å²) in [6.45, 7) is 2.70. The van der Waals surface area contributed by atoms with Crippen molar-refractivity contribution in [1.29, 1.82) is 0 Å². The monoisotopic (exact) mass is 293 g/mol. The second-order valence-electron chi connectivity index (χ2n) is 5.48. The minimum absolute atomic E-state index is 0.0524. The van der Waals surface area contributed by atoms with Crippen molar-refractivity contribution in [2.75, 3.05) is 13.1 Å². The Kier molecular flexibility index (Phi) is 4.11. The first-order valence-electron chi connectivity index (χ1n) is 7.58. The molecule has 3 rings (SSSR count). The number of aliphatic imine (C=N–C) groups is 1. The van der Waals surface area contributed by atoms with E-state index in [0.717, 1.165) is 40.8 Å². The van der Waals surface area contributed by atoms with Crippen molar-refractivity contribution in [3.8, 4) is 11.1 Å². The highest BCUT2D eigenvalue weighted by atomic mass is 16.1. The first kappa shape index (κ1) is 14.6. The van der Waals surface area contributed by atoms with Gasteiger partial charge in [0.15, 0.2) is 5.78 Å². The first-order chi connectivity index (χ1) is 10.7. The zero-order valence-corrected chi connectivity index (χ0v) is 12.7. The molecule has 1 aliphatic heterocycles. The Morgan fingerprint density at radius 3 is 2.77 bits per heavy atom. The van der Waals surface area contributed by atoms with E-state index < -0.39 is 0 Å². The summed E-state index contributed by atoms with van der Waals surface area (Å²) in [6.07, 6.45) is 5.86. The number of nitrogens with two attached hydrogens (primary N) is 1. The Morgan fingerprint density at radius 2 is 2.00 bits per heavy atom. The van der Waals surface area contributed by atoms with Crippen molar-refractivity contribution >= 4 is 11.5 Å². The van der Waals surface area contributed by atoms with Crippen LogP contribution in [0.15, 0.2) is 41.7 Å². The van der Waals surface area contributed by atoms with Crippen molar-refractivity contribution in [2.24, 2.45) is 10.7 Å². The molecule has 0 fully saturated rings. The first-order valence-corrected chi connectivity index (χ1v) is 7.58. The van der Waals surface area contributed by atoms with E-state index in [0.29, 0.717) is 6.54 Å². The van der Waals surface area contributed by atoms with E-state index in [1.54, 1.807) is 0 Å². The third-order valence-electron chi connectivity index (χ3n) is 3.90. The minimum atomic E-state index is 0.0524. The van der Waals surface area contributed by atoms with Gasteiger partial charge in [0.2, 0.25) is 0 Å². The van der Waals surface area contributed by atoms with Gasteiger partial charge in [0, 0.05) is 35.6 Å². The minimum Gasteiger partial charge on any atom is -0.325 e. The molecule has 2 N–H and O–H groups in total. The van der Waals surface area contributed by atoms with E-state index >= 15 is 0 Å². The molecule has 1 aromatic heterocycles. The molecule has 2 heterocycles. The van der Waals surface area contributed by atoms with Gasteiger partial charge in [-0.2, -0.15) is 0 Å². The predicted molar refractivity (Wildman–Crippen MR) is 88.5 cm³/mol. The van der Waals surface area contributed by atoms with Crippen molar-refractivity contribution in [3.63, 3.8) is 0 Å². The lowest BCUT2D eigenvalue weighted by atomic mass is 9.92. The highest BCUT2D eigenvalue weighted by Gasteiger charge is 2.20. The van der Waals surface area contributed by atoms with E-state index in [9.17, 15) is 4.79 Å². The molecule has 0 bridgehead atoms. The Bertz CT molecular complexity index is 750. The average Bonchev–Trinajstić information content (AvgIpc) is 2.55. The third kappa shape index (κ3) is 2.70. The lowest BCUT2D eigenvalue weighted by Crippen LogP contribution is -2.24. The van der Waals surface area contributed by atoms with E-state index in [-0.39, 0.29) is 12.3 Å². The highest BCUT2D eigenvalue weighted by Crippen LogP contribution is 2.25. The summed E-state index contributed by atoms with van der Waals surface area (Å²) in [4.78, 5) is 20.6. The van der Waals surface area contributed by atoms with Crippen LogP contribution in [0, 0.1) is 0 Å². The summed E-state index contributed by atoms with van der Waals surface area (Å²) in [5.41, 5.74) is 11.5. The number of aryl methyl sites for hydroxylation is 1. The van der Waals surface area contributed by atoms with Gasteiger partial charge in [-0.3, -0.25) is 14.8 Å². The molecular formula is C18H19N3O. The zero-order valence-electron chi connectivity index (χ0n) is 12.7. The number of fused-ring (bicyclic) bond motifs is 1. The van der Waals surface area contributed by atoms with Gasteiger partial charge in [0.25, 0.3) is 0 Å². The van der Waals surface area contributed by atoms with E-state index in [1.165, 1.54) is 5.56 Å². The number of Topliss-reactive ketones (excluding diaryl/α,β-unsaturated/α-hetero) is 1. The van der Waals surface area contributed by atoms with Gasteiger partial charge in [-0.1, -0.05) is 25.5 Å². The van der Waals surface area contributed by atoms with Crippen molar-refractivity contribution in [1.82, 2.24) is 4.98 Å². The van der Waals surface area contributed by atoms with Crippen LogP contribution in [0.5, 0.6) is 0 Å². The SMILES string of the molecule is CCCc1cncc(-c2ccc3c(c2)C(CN)=NCC3=O)c1. The molecule has 4 nitrogen and oxygen atoms in total. The molecule has 0 unspecified atom stereocenters. The molecule has 0 saturated heterocycles. The smallest absolute Gasteiger partial charge is 0.184 e. The van der Waals surface area contributed by atoms with Gasteiger partial charge < -0.3 is 5.73 Å². The van der Waals surface area contributed by atoms with Gasteiger partial charge in [-0.15, -0.1) is 0 Å². The number of carbonyl (C=O) groups is 1. The number of nitrogens with zero attached hydrogens (tertiary/aromatic N) is 2. The lowest BCUT2D eigenvalue weighted by Gasteiger charge is -2.16. The standard InChI is InChI=1S/C18H19N3O/c1-2-3-12-6-14(10-20-9-12)13-4-5-15-16(7-13)17(8-19)21-11-18(15)22/h4-7,9-10H,2-3,8,11,19H2,1H3. The maximum atomic E-state index is 12.0. The number of ketones is 1. The normalized spacial score (nSPS) is 13.7. The molecule has 0 atom stereocenters. The van der Waals surface area contributed by atoms with Crippen LogP contribution in [0.2, 0.25) is 0 Å². The fourth-order valence-electron chi connectivity index (χ4n) is 2.79. The number of hydrogen-bond acceptors (Lipinski definition) is 4.